The first-order valence-electron chi connectivity index (χ1n) is 18.0. The Hall–Kier alpha value is -2.24. The number of ether oxygens (including phenoxy) is 5. The van der Waals surface area contributed by atoms with Crippen molar-refractivity contribution in [1.29, 1.82) is 0 Å². The van der Waals surface area contributed by atoms with Crippen LogP contribution in [0.5, 0.6) is 0 Å². The highest BCUT2D eigenvalue weighted by molar-refractivity contribution is 9.09. The summed E-state index contributed by atoms with van der Waals surface area (Å²) in [6.45, 7) is 14.4. The zero-order valence-corrected chi connectivity index (χ0v) is 31.4. The number of hydrogen-bond donors (Lipinski definition) is 1. The Kier molecular flexibility index (Phi) is 14.0. The molecule has 0 heterocycles. The number of aliphatic hydroxyl groups excluding tert-OH is 1. The van der Waals surface area contributed by atoms with Gasteiger partial charge in [0.15, 0.2) is 0 Å². The number of rotatable bonds is 12. The molecule has 10 nitrogen and oxygen atoms in total. The maximum Gasteiger partial charge on any atom is 0.333 e. The molecule has 8 rings (SSSR count). The summed E-state index contributed by atoms with van der Waals surface area (Å²) in [4.78, 5) is 45.4. The average molecular weight is 754 g/mol. The van der Waals surface area contributed by atoms with Crippen molar-refractivity contribution in [2.75, 3.05) is 38.4 Å². The van der Waals surface area contributed by atoms with Crippen LogP contribution in [0, 0.1) is 47.3 Å². The summed E-state index contributed by atoms with van der Waals surface area (Å²) in [6, 6.07) is 0. The van der Waals surface area contributed by atoms with Gasteiger partial charge in [0.1, 0.15) is 36.4 Å². The number of hydrogen-bond acceptors (Lipinski definition) is 10. The van der Waals surface area contributed by atoms with Crippen LogP contribution in [0.25, 0.3) is 0 Å². The zero-order valence-electron chi connectivity index (χ0n) is 29.8. The maximum atomic E-state index is 12.2. The van der Waals surface area contributed by atoms with Crippen LogP contribution in [0.4, 0.5) is 0 Å². The van der Waals surface area contributed by atoms with E-state index in [1.54, 1.807) is 13.8 Å². The Balaban J connectivity index is 0.000000186. The zero-order chi connectivity index (χ0) is 35.9. The topological polar surface area (TPSA) is 135 Å². The summed E-state index contributed by atoms with van der Waals surface area (Å²) in [5.74, 6) is 4.54. The highest BCUT2D eigenvalue weighted by atomic mass is 79.9. The standard InChI is InChI=1S/C19H28O5.C13H19BrO2.C6H10O3/c1-12(2)18(21)23-5-4-22-11-17(20)24-19(3)15-7-13-6-14(9-15)10-16(19)8-13;1-13(16-12(15)7-14)10-3-8-2-9(5-10)6-11(13)4-8;1-5(2)6(8)9-4-3-7/h13-16H,1,4-11H2,2-3H3;8-11H,2-7H2,1H3;7H,1,3-4H2,2H3. The van der Waals surface area contributed by atoms with Crippen molar-refractivity contribution in [2.24, 2.45) is 47.3 Å². The summed E-state index contributed by atoms with van der Waals surface area (Å²) in [5.41, 5.74) is 0.228. The second kappa shape index (κ2) is 17.3. The number of halogens is 1. The molecule has 49 heavy (non-hydrogen) atoms. The van der Waals surface area contributed by atoms with E-state index in [2.05, 4.69) is 47.7 Å². The fourth-order valence-corrected chi connectivity index (χ4v) is 9.97. The van der Waals surface area contributed by atoms with Gasteiger partial charge in [0.05, 0.1) is 13.2 Å². The Morgan fingerprint density at radius 1 is 0.633 bits per heavy atom. The summed E-state index contributed by atoms with van der Waals surface area (Å²) in [6.07, 6.45) is 12.8. The van der Waals surface area contributed by atoms with Gasteiger partial charge in [-0.3, -0.25) is 4.79 Å². The van der Waals surface area contributed by atoms with Gasteiger partial charge in [-0.25, -0.2) is 14.4 Å². The molecule has 0 amide bonds. The van der Waals surface area contributed by atoms with Crippen molar-refractivity contribution in [3.05, 3.63) is 24.3 Å². The van der Waals surface area contributed by atoms with E-state index in [4.69, 9.17) is 24.1 Å². The van der Waals surface area contributed by atoms with Crippen LogP contribution >= 0.6 is 15.9 Å². The Labute approximate surface area is 300 Å². The predicted molar refractivity (Wildman–Crippen MR) is 186 cm³/mol. The summed E-state index contributed by atoms with van der Waals surface area (Å²) >= 11 is 3.19. The van der Waals surface area contributed by atoms with Crippen LogP contribution in [0.1, 0.15) is 91.9 Å². The molecule has 0 atom stereocenters. The minimum atomic E-state index is -0.455. The van der Waals surface area contributed by atoms with Crippen LogP contribution in [0.15, 0.2) is 24.3 Å². The molecule has 0 aromatic rings. The molecular weight excluding hydrogens is 696 g/mol. The van der Waals surface area contributed by atoms with Gasteiger partial charge in [0, 0.05) is 11.1 Å². The van der Waals surface area contributed by atoms with Gasteiger partial charge in [0.25, 0.3) is 0 Å². The molecule has 8 aliphatic rings. The predicted octanol–water partition coefficient (Wildman–Crippen LogP) is 6.12. The summed E-state index contributed by atoms with van der Waals surface area (Å²) in [7, 11) is 0. The van der Waals surface area contributed by atoms with Crippen molar-refractivity contribution in [3.63, 3.8) is 0 Å². The molecule has 276 valence electrons. The molecule has 11 heteroatoms. The molecule has 8 bridgehead atoms. The maximum absolute atomic E-state index is 12.2. The number of alkyl halides is 1. The molecular formula is C38H57BrO10. The Bertz CT molecular complexity index is 1170. The third-order valence-electron chi connectivity index (χ3n) is 12.0. The number of carbonyl (C=O) groups excluding carboxylic acids is 4. The first-order valence-corrected chi connectivity index (χ1v) is 19.1. The monoisotopic (exact) mass is 752 g/mol. The third-order valence-corrected chi connectivity index (χ3v) is 12.5. The Morgan fingerprint density at radius 2 is 1.00 bits per heavy atom. The lowest BCUT2D eigenvalue weighted by Crippen LogP contribution is -2.58. The van der Waals surface area contributed by atoms with Gasteiger partial charge in [0.2, 0.25) is 0 Å². The van der Waals surface area contributed by atoms with Gasteiger partial charge in [-0.15, -0.1) is 0 Å². The van der Waals surface area contributed by atoms with Gasteiger partial charge in [-0.1, -0.05) is 29.1 Å². The lowest BCUT2D eigenvalue weighted by Gasteiger charge is -2.59. The molecule has 1 N–H and O–H groups in total. The second-order valence-electron chi connectivity index (χ2n) is 15.7. The van der Waals surface area contributed by atoms with Crippen molar-refractivity contribution in [1.82, 2.24) is 0 Å². The van der Waals surface area contributed by atoms with E-state index in [0.717, 1.165) is 23.7 Å². The van der Waals surface area contributed by atoms with Crippen molar-refractivity contribution >= 4 is 39.8 Å². The van der Waals surface area contributed by atoms with Crippen LogP contribution in [-0.2, 0) is 42.9 Å². The van der Waals surface area contributed by atoms with Crippen LogP contribution in [-0.4, -0.2) is 78.6 Å². The third kappa shape index (κ3) is 9.97. The van der Waals surface area contributed by atoms with Crippen LogP contribution in [0.3, 0.4) is 0 Å². The van der Waals surface area contributed by atoms with Crippen molar-refractivity contribution < 1.29 is 48.0 Å². The number of aliphatic hydroxyl groups is 1. The summed E-state index contributed by atoms with van der Waals surface area (Å²) < 4.78 is 26.3. The molecule has 0 aromatic carbocycles. The first-order chi connectivity index (χ1) is 23.2. The lowest BCUT2D eigenvalue weighted by molar-refractivity contribution is -0.206. The van der Waals surface area contributed by atoms with Crippen LogP contribution < -0.4 is 0 Å². The fourth-order valence-electron chi connectivity index (χ4n) is 9.85. The van der Waals surface area contributed by atoms with Crippen LogP contribution in [0.2, 0.25) is 0 Å². The second-order valence-corrected chi connectivity index (χ2v) is 16.2. The van der Waals surface area contributed by atoms with Gasteiger partial charge in [-0.2, -0.15) is 0 Å². The SMILES string of the molecule is C=C(C)C(=O)OCCO.C=C(C)C(=O)OCCOCC(=O)OC1(C)C2CC3CC(C2)CC1C3.CC1(OC(=O)CBr)C2CC3CC(C2)CC1C3. The smallest absolute Gasteiger partial charge is 0.333 e. The molecule has 0 radical (unpaired) electrons. The summed E-state index contributed by atoms with van der Waals surface area (Å²) in [5, 5.41) is 8.52. The molecule has 0 aromatic heterocycles. The minimum Gasteiger partial charge on any atom is -0.460 e. The fraction of sp³-hybridized carbons (Fsp3) is 0.789. The Morgan fingerprint density at radius 3 is 1.35 bits per heavy atom. The number of carbonyl (C=O) groups is 4. The van der Waals surface area contributed by atoms with E-state index in [9.17, 15) is 19.2 Å². The molecule has 0 aliphatic heterocycles. The van der Waals surface area contributed by atoms with Crippen molar-refractivity contribution in [2.45, 2.75) is 103 Å². The average Bonchev–Trinajstić information content (AvgIpc) is 3.04. The molecule has 8 saturated carbocycles. The molecule has 8 aliphatic carbocycles. The normalized spacial score (nSPS) is 35.6. The van der Waals surface area contributed by atoms with Gasteiger partial charge in [-0.05, 0) is 139 Å². The van der Waals surface area contributed by atoms with E-state index in [1.807, 2.05) is 0 Å². The molecule has 0 unspecified atom stereocenters. The van der Waals surface area contributed by atoms with Crippen molar-refractivity contribution in [3.8, 4) is 0 Å². The van der Waals surface area contributed by atoms with E-state index in [-0.39, 0.29) is 56.2 Å². The highest BCUT2D eigenvalue weighted by Crippen LogP contribution is 2.60. The van der Waals surface area contributed by atoms with Gasteiger partial charge >= 0.3 is 23.9 Å². The molecule has 0 spiro atoms. The quantitative estimate of drug-likeness (QED) is 0.0818. The highest BCUT2D eigenvalue weighted by Gasteiger charge is 2.58. The first kappa shape index (κ1) is 39.5. The lowest BCUT2D eigenvalue weighted by atomic mass is 9.50. The van der Waals surface area contributed by atoms with E-state index in [0.29, 0.717) is 40.1 Å². The molecule has 0 saturated heterocycles. The van der Waals surface area contributed by atoms with Gasteiger partial charge < -0.3 is 28.8 Å². The molecule has 8 fully saturated rings. The largest absolute Gasteiger partial charge is 0.460 e. The van der Waals surface area contributed by atoms with E-state index < -0.39 is 11.9 Å². The number of esters is 4. The van der Waals surface area contributed by atoms with E-state index in [1.165, 1.54) is 64.2 Å². The van der Waals surface area contributed by atoms with E-state index >= 15 is 0 Å². The minimum absolute atomic E-state index is 0.0473.